The zero-order valence-electron chi connectivity index (χ0n) is 19.2. The van der Waals surface area contributed by atoms with Crippen LogP contribution in [0.3, 0.4) is 0 Å². The van der Waals surface area contributed by atoms with Crippen molar-refractivity contribution in [3.63, 3.8) is 0 Å². The van der Waals surface area contributed by atoms with Gasteiger partial charge in [0, 0.05) is 44.9 Å². The molecule has 0 aromatic heterocycles. The van der Waals surface area contributed by atoms with E-state index in [4.69, 9.17) is 10.5 Å². The van der Waals surface area contributed by atoms with E-state index >= 15 is 0 Å². The molecule has 33 heavy (non-hydrogen) atoms. The number of likely N-dealkylation sites (N-methyl/N-ethyl adjacent to an activating group) is 1. The number of nitrogens with zero attached hydrogens (tertiary/aromatic N) is 2. The number of piperidine rings is 1. The summed E-state index contributed by atoms with van der Waals surface area (Å²) < 4.78 is 45.9. The number of halogens is 3. The number of ether oxygens (including phenoxy) is 1. The average molecular weight is 468 g/mol. The van der Waals surface area contributed by atoms with Gasteiger partial charge in [0.2, 0.25) is 11.8 Å². The molecule has 1 saturated carbocycles. The van der Waals surface area contributed by atoms with Crippen molar-refractivity contribution < 1.29 is 27.5 Å². The smallest absolute Gasteiger partial charge is 0.238 e. The molecule has 2 N–H and O–H groups in total. The average Bonchev–Trinajstić information content (AvgIpc) is 3.55. The van der Waals surface area contributed by atoms with Crippen LogP contribution in [-0.4, -0.2) is 67.0 Å². The number of hydrogen-bond acceptors (Lipinski definition) is 4. The van der Waals surface area contributed by atoms with Gasteiger partial charge in [-0.05, 0) is 62.5 Å². The Hall–Kier alpha value is -2.13. The van der Waals surface area contributed by atoms with Crippen molar-refractivity contribution in [3.8, 4) is 0 Å². The SMILES string of the molecule is COCCN(C)C(=O)C1(C(=O)N2C3CCC2CC(C(N)Cc2cc(F)c(F)cc2F)C3)CC1. The minimum Gasteiger partial charge on any atom is -0.383 e. The van der Waals surface area contributed by atoms with Gasteiger partial charge in [0.15, 0.2) is 11.6 Å². The normalized spacial score (nSPS) is 26.2. The van der Waals surface area contributed by atoms with E-state index in [2.05, 4.69) is 0 Å². The van der Waals surface area contributed by atoms with Crippen molar-refractivity contribution in [2.24, 2.45) is 17.1 Å². The predicted molar refractivity (Wildman–Crippen MR) is 116 cm³/mol. The summed E-state index contributed by atoms with van der Waals surface area (Å²) in [7, 11) is 3.27. The Bertz CT molecular complexity index is 910. The Labute approximate surface area is 192 Å². The molecule has 1 aromatic carbocycles. The molecule has 6 nitrogen and oxygen atoms in total. The molecule has 182 valence electrons. The van der Waals surface area contributed by atoms with Gasteiger partial charge in [0.05, 0.1) is 6.61 Å². The van der Waals surface area contributed by atoms with Crippen molar-refractivity contribution in [2.45, 2.75) is 63.1 Å². The molecule has 0 spiro atoms. The first-order valence-electron chi connectivity index (χ1n) is 11.6. The summed E-state index contributed by atoms with van der Waals surface area (Å²) in [6, 6.07) is 0.994. The number of amides is 2. The third kappa shape index (κ3) is 4.49. The maximum Gasteiger partial charge on any atom is 0.238 e. The summed E-state index contributed by atoms with van der Waals surface area (Å²) >= 11 is 0. The van der Waals surface area contributed by atoms with E-state index in [1.54, 1.807) is 19.1 Å². The molecule has 3 fully saturated rings. The Morgan fingerprint density at radius 2 is 1.76 bits per heavy atom. The van der Waals surface area contributed by atoms with Crippen LogP contribution in [0.1, 0.15) is 44.1 Å². The number of rotatable bonds is 8. The van der Waals surface area contributed by atoms with Gasteiger partial charge in [-0.25, -0.2) is 13.2 Å². The van der Waals surface area contributed by atoms with E-state index in [0.717, 1.165) is 18.9 Å². The lowest BCUT2D eigenvalue weighted by Crippen LogP contribution is -2.55. The highest BCUT2D eigenvalue weighted by Gasteiger charge is 2.61. The van der Waals surface area contributed by atoms with Crippen molar-refractivity contribution in [3.05, 3.63) is 35.1 Å². The topological polar surface area (TPSA) is 75.9 Å². The lowest BCUT2D eigenvalue weighted by molar-refractivity contribution is -0.152. The van der Waals surface area contributed by atoms with Gasteiger partial charge in [-0.3, -0.25) is 9.59 Å². The van der Waals surface area contributed by atoms with Crippen LogP contribution in [0.5, 0.6) is 0 Å². The molecule has 1 aliphatic carbocycles. The number of benzene rings is 1. The number of carbonyl (C=O) groups excluding carboxylic acids is 2. The summed E-state index contributed by atoms with van der Waals surface area (Å²) in [6.07, 6.45) is 4.27. The summed E-state index contributed by atoms with van der Waals surface area (Å²) in [5.41, 5.74) is 5.50. The molecule has 9 heteroatoms. The largest absolute Gasteiger partial charge is 0.383 e. The van der Waals surface area contributed by atoms with Crippen molar-refractivity contribution in [1.82, 2.24) is 9.80 Å². The van der Waals surface area contributed by atoms with Gasteiger partial charge in [-0.15, -0.1) is 0 Å². The second kappa shape index (κ2) is 9.25. The zero-order chi connectivity index (χ0) is 23.9. The van der Waals surface area contributed by atoms with Crippen molar-refractivity contribution in [1.29, 1.82) is 0 Å². The number of fused-ring (bicyclic) bond motifs is 2. The lowest BCUT2D eigenvalue weighted by atomic mass is 9.82. The van der Waals surface area contributed by atoms with Crippen molar-refractivity contribution in [2.75, 3.05) is 27.3 Å². The van der Waals surface area contributed by atoms with Crippen LogP contribution in [0.25, 0.3) is 0 Å². The predicted octanol–water partition coefficient (Wildman–Crippen LogP) is 2.63. The van der Waals surface area contributed by atoms with E-state index in [-0.39, 0.29) is 41.8 Å². The van der Waals surface area contributed by atoms with Crippen LogP contribution in [0.15, 0.2) is 12.1 Å². The molecule has 4 rings (SSSR count). The van der Waals surface area contributed by atoms with Gasteiger partial charge in [-0.1, -0.05) is 0 Å². The summed E-state index contributed by atoms with van der Waals surface area (Å²) in [5.74, 6) is -3.29. The maximum absolute atomic E-state index is 14.1. The van der Waals surface area contributed by atoms with E-state index in [1.807, 2.05) is 4.90 Å². The van der Waals surface area contributed by atoms with Crippen LogP contribution in [-0.2, 0) is 20.7 Å². The van der Waals surface area contributed by atoms with E-state index in [1.165, 1.54) is 0 Å². The van der Waals surface area contributed by atoms with Gasteiger partial charge < -0.3 is 20.3 Å². The lowest BCUT2D eigenvalue weighted by Gasteiger charge is -2.42. The third-order valence-electron chi connectivity index (χ3n) is 7.70. The molecule has 2 heterocycles. The van der Waals surface area contributed by atoms with Crippen LogP contribution in [0.4, 0.5) is 13.2 Å². The molecule has 0 radical (unpaired) electrons. The summed E-state index contributed by atoms with van der Waals surface area (Å²) in [4.78, 5) is 30.0. The highest BCUT2D eigenvalue weighted by molar-refractivity contribution is 6.08. The van der Waals surface area contributed by atoms with E-state index < -0.39 is 28.9 Å². The standard InChI is InChI=1S/C24H32F3N3O3/c1-29(7-8-33-2)22(31)24(5-6-24)23(32)30-16-3-4-17(30)10-15(9-16)21(28)12-14-11-19(26)20(27)13-18(14)25/h11,13,15-17,21H,3-10,12,28H2,1-2H3. The van der Waals surface area contributed by atoms with E-state index in [9.17, 15) is 22.8 Å². The molecule has 2 amide bonds. The molecule has 1 aromatic rings. The Morgan fingerprint density at radius 1 is 1.15 bits per heavy atom. The minimum atomic E-state index is -1.22. The van der Waals surface area contributed by atoms with Gasteiger partial charge >= 0.3 is 0 Å². The van der Waals surface area contributed by atoms with Gasteiger partial charge in [0.25, 0.3) is 0 Å². The number of hydrogen-bond donors (Lipinski definition) is 1. The number of nitrogens with two attached hydrogens (primary N) is 1. The van der Waals surface area contributed by atoms with Crippen molar-refractivity contribution >= 4 is 11.8 Å². The zero-order valence-corrected chi connectivity index (χ0v) is 19.2. The second-order valence-electron chi connectivity index (χ2n) is 9.86. The summed E-state index contributed by atoms with van der Waals surface area (Å²) in [5, 5.41) is 0. The molecular formula is C24H32F3N3O3. The molecule has 2 aliphatic heterocycles. The number of carbonyl (C=O) groups is 2. The van der Waals surface area contributed by atoms with Crippen LogP contribution < -0.4 is 5.73 Å². The third-order valence-corrected chi connectivity index (χ3v) is 7.70. The monoisotopic (exact) mass is 467 g/mol. The highest BCUT2D eigenvalue weighted by atomic mass is 19.2. The van der Waals surface area contributed by atoms with Crippen LogP contribution in [0, 0.1) is 28.8 Å². The molecule has 2 saturated heterocycles. The fourth-order valence-electron chi connectivity index (χ4n) is 5.63. The van der Waals surface area contributed by atoms with Gasteiger partial charge in [-0.2, -0.15) is 0 Å². The summed E-state index contributed by atoms with van der Waals surface area (Å²) in [6.45, 7) is 0.855. The molecular weight excluding hydrogens is 435 g/mol. The first-order chi connectivity index (χ1) is 15.7. The second-order valence-corrected chi connectivity index (χ2v) is 9.86. The maximum atomic E-state index is 14.1. The quantitative estimate of drug-likeness (QED) is 0.471. The molecule has 3 aliphatic rings. The van der Waals surface area contributed by atoms with E-state index in [0.29, 0.717) is 44.9 Å². The Balaban J connectivity index is 1.42. The van der Waals surface area contributed by atoms with Gasteiger partial charge in [0.1, 0.15) is 11.2 Å². The molecule has 3 atom stereocenters. The van der Waals surface area contributed by atoms with Crippen LogP contribution in [0.2, 0.25) is 0 Å². The fraction of sp³-hybridized carbons (Fsp3) is 0.667. The fourth-order valence-corrected chi connectivity index (χ4v) is 5.63. The van der Waals surface area contributed by atoms with Crippen LogP contribution >= 0.6 is 0 Å². The Kier molecular flexibility index (Phi) is 6.73. The first-order valence-corrected chi connectivity index (χ1v) is 11.6. The molecule has 2 bridgehead atoms. The minimum absolute atomic E-state index is 0.00310. The highest BCUT2D eigenvalue weighted by Crippen LogP contribution is 2.52. The Morgan fingerprint density at radius 3 is 2.33 bits per heavy atom. The first kappa shape index (κ1) is 24.0. The number of methoxy groups -OCH3 is 1. The molecule has 3 unspecified atom stereocenters.